The quantitative estimate of drug-likeness (QED) is 0.481. The van der Waals surface area contributed by atoms with E-state index in [9.17, 15) is 4.79 Å². The molecule has 30 heavy (non-hydrogen) atoms. The Morgan fingerprint density at radius 1 is 1.03 bits per heavy atom. The van der Waals surface area contributed by atoms with E-state index in [2.05, 4.69) is 10.3 Å². The fourth-order valence-corrected chi connectivity index (χ4v) is 3.99. The molecule has 4 aromatic rings. The number of nitrogens with one attached hydrogen (secondary N) is 1. The number of amides is 1. The molecule has 1 amide bonds. The number of hydrogen-bond acceptors (Lipinski definition) is 6. The Labute approximate surface area is 177 Å². The molecule has 8 heteroatoms. The Morgan fingerprint density at radius 2 is 1.77 bits per heavy atom. The summed E-state index contributed by atoms with van der Waals surface area (Å²) in [6.45, 7) is 0. The maximum absolute atomic E-state index is 12.7. The molecule has 2 aromatic heterocycles. The number of fused-ring (bicyclic) bond motifs is 1. The number of carbonyl (C=O) groups is 1. The van der Waals surface area contributed by atoms with Crippen LogP contribution in [0.3, 0.4) is 0 Å². The first-order chi connectivity index (χ1) is 14.6. The second kappa shape index (κ2) is 8.46. The van der Waals surface area contributed by atoms with E-state index in [1.807, 2.05) is 40.2 Å². The predicted octanol–water partition coefficient (Wildman–Crippen LogP) is 4.27. The zero-order valence-electron chi connectivity index (χ0n) is 16.8. The van der Waals surface area contributed by atoms with Crippen LogP contribution in [0.15, 0.2) is 54.0 Å². The highest BCUT2D eigenvalue weighted by atomic mass is 32.1. The van der Waals surface area contributed by atoms with Gasteiger partial charge in [0, 0.05) is 28.9 Å². The van der Waals surface area contributed by atoms with Gasteiger partial charge < -0.3 is 19.5 Å². The van der Waals surface area contributed by atoms with E-state index >= 15 is 0 Å². The second-order valence-electron chi connectivity index (χ2n) is 6.53. The zero-order chi connectivity index (χ0) is 21.1. The third-order valence-electron chi connectivity index (χ3n) is 4.69. The van der Waals surface area contributed by atoms with E-state index in [4.69, 9.17) is 14.2 Å². The highest BCUT2D eigenvalue weighted by Gasteiger charge is 2.14. The molecule has 0 aliphatic rings. The second-order valence-corrected chi connectivity index (χ2v) is 7.36. The van der Waals surface area contributed by atoms with Crippen molar-refractivity contribution in [2.45, 2.75) is 6.42 Å². The van der Waals surface area contributed by atoms with E-state index in [0.29, 0.717) is 17.2 Å². The molecular formula is C22H21N3O4S. The third kappa shape index (κ3) is 3.95. The van der Waals surface area contributed by atoms with E-state index in [-0.39, 0.29) is 12.3 Å². The number of thiazole rings is 1. The normalized spacial score (nSPS) is 10.8. The lowest BCUT2D eigenvalue weighted by molar-refractivity contribution is -0.115. The molecule has 0 unspecified atom stereocenters. The predicted molar refractivity (Wildman–Crippen MR) is 117 cm³/mol. The molecule has 0 radical (unpaired) electrons. The first-order valence-electron chi connectivity index (χ1n) is 9.23. The number of anilines is 1. The Morgan fingerprint density at radius 3 is 2.47 bits per heavy atom. The number of carbonyl (C=O) groups excluding carboxylic acids is 1. The van der Waals surface area contributed by atoms with Crippen molar-refractivity contribution in [3.63, 3.8) is 0 Å². The number of benzene rings is 2. The smallest absolute Gasteiger partial charge is 0.230 e. The van der Waals surface area contributed by atoms with Crippen LogP contribution in [0.25, 0.3) is 16.2 Å². The van der Waals surface area contributed by atoms with Crippen molar-refractivity contribution in [1.82, 2.24) is 9.38 Å². The summed E-state index contributed by atoms with van der Waals surface area (Å²) in [5.41, 5.74) is 3.31. The van der Waals surface area contributed by atoms with Crippen molar-refractivity contribution in [1.29, 1.82) is 0 Å². The maximum atomic E-state index is 12.7. The Hall–Kier alpha value is -3.52. The molecule has 0 bridgehead atoms. The summed E-state index contributed by atoms with van der Waals surface area (Å²) in [6, 6.07) is 13.0. The molecule has 2 aromatic carbocycles. The van der Waals surface area contributed by atoms with Crippen LogP contribution in [-0.2, 0) is 11.2 Å². The summed E-state index contributed by atoms with van der Waals surface area (Å²) < 4.78 is 17.7. The molecule has 2 heterocycles. The van der Waals surface area contributed by atoms with Crippen molar-refractivity contribution in [2.75, 3.05) is 26.6 Å². The first kappa shape index (κ1) is 19.8. The van der Waals surface area contributed by atoms with Crippen LogP contribution in [0.4, 0.5) is 5.69 Å². The van der Waals surface area contributed by atoms with Crippen molar-refractivity contribution in [2.24, 2.45) is 0 Å². The van der Waals surface area contributed by atoms with Crippen LogP contribution in [-0.4, -0.2) is 36.6 Å². The van der Waals surface area contributed by atoms with Crippen molar-refractivity contribution >= 4 is 27.9 Å². The van der Waals surface area contributed by atoms with E-state index < -0.39 is 0 Å². The molecule has 0 aliphatic carbocycles. The molecule has 0 atom stereocenters. The molecule has 4 rings (SSSR count). The summed E-state index contributed by atoms with van der Waals surface area (Å²) in [5, 5.41) is 4.85. The van der Waals surface area contributed by atoms with Crippen LogP contribution < -0.4 is 19.5 Å². The van der Waals surface area contributed by atoms with Crippen molar-refractivity contribution in [3.8, 4) is 28.5 Å². The average molecular weight is 423 g/mol. The summed E-state index contributed by atoms with van der Waals surface area (Å²) in [7, 11) is 4.78. The van der Waals surface area contributed by atoms with Gasteiger partial charge in [0.1, 0.15) is 17.2 Å². The highest BCUT2D eigenvalue weighted by molar-refractivity contribution is 7.15. The minimum atomic E-state index is -0.141. The largest absolute Gasteiger partial charge is 0.497 e. The highest BCUT2D eigenvalue weighted by Crippen LogP contribution is 2.30. The zero-order valence-corrected chi connectivity index (χ0v) is 17.7. The van der Waals surface area contributed by atoms with E-state index in [1.54, 1.807) is 39.5 Å². The molecule has 154 valence electrons. The number of aromatic nitrogens is 2. The molecule has 0 aliphatic heterocycles. The average Bonchev–Trinajstić information content (AvgIpc) is 3.36. The van der Waals surface area contributed by atoms with Crippen LogP contribution in [0.1, 0.15) is 5.69 Å². The van der Waals surface area contributed by atoms with Gasteiger partial charge in [-0.1, -0.05) is 0 Å². The van der Waals surface area contributed by atoms with Crippen molar-refractivity contribution < 1.29 is 19.0 Å². The SMILES string of the molecule is COc1ccc(-c2cn3c(CC(=O)Nc4ccc(OC)cc4OC)csc3n2)cc1. The molecular weight excluding hydrogens is 402 g/mol. The van der Waals surface area contributed by atoms with Crippen molar-refractivity contribution in [3.05, 3.63) is 59.7 Å². The van der Waals surface area contributed by atoms with E-state index in [1.165, 1.54) is 11.3 Å². The first-order valence-corrected chi connectivity index (χ1v) is 10.1. The summed E-state index contributed by atoms with van der Waals surface area (Å²) in [4.78, 5) is 18.2. The van der Waals surface area contributed by atoms with Gasteiger partial charge in [-0.05, 0) is 36.4 Å². The number of nitrogens with zero attached hydrogens (tertiary/aromatic N) is 2. The third-order valence-corrected chi connectivity index (χ3v) is 5.58. The minimum Gasteiger partial charge on any atom is -0.497 e. The molecule has 0 fully saturated rings. The van der Waals surface area contributed by atoms with Gasteiger partial charge >= 0.3 is 0 Å². The maximum Gasteiger partial charge on any atom is 0.230 e. The van der Waals surface area contributed by atoms with Crippen LogP contribution >= 0.6 is 11.3 Å². The number of ether oxygens (including phenoxy) is 3. The molecule has 7 nitrogen and oxygen atoms in total. The van der Waals surface area contributed by atoms with Gasteiger partial charge in [-0.2, -0.15) is 0 Å². The number of imidazole rings is 1. The summed E-state index contributed by atoms with van der Waals surface area (Å²) in [6.07, 6.45) is 2.16. The fourth-order valence-electron chi connectivity index (χ4n) is 3.12. The molecule has 0 saturated heterocycles. The molecule has 1 N–H and O–H groups in total. The number of methoxy groups -OCH3 is 3. The number of hydrogen-bond donors (Lipinski definition) is 1. The van der Waals surface area contributed by atoms with Gasteiger partial charge in [0.05, 0.1) is 39.1 Å². The minimum absolute atomic E-state index is 0.141. The van der Waals surface area contributed by atoms with Gasteiger partial charge in [0.15, 0.2) is 4.96 Å². The van der Waals surface area contributed by atoms with Gasteiger partial charge in [-0.15, -0.1) is 11.3 Å². The lowest BCUT2D eigenvalue weighted by Gasteiger charge is -2.11. The Balaban J connectivity index is 1.52. The van der Waals surface area contributed by atoms with Gasteiger partial charge in [0.25, 0.3) is 0 Å². The van der Waals surface area contributed by atoms with Gasteiger partial charge in [-0.3, -0.25) is 9.20 Å². The van der Waals surface area contributed by atoms with E-state index in [0.717, 1.165) is 27.7 Å². The lowest BCUT2D eigenvalue weighted by atomic mass is 10.2. The molecule has 0 spiro atoms. The van der Waals surface area contributed by atoms with Crippen LogP contribution in [0.2, 0.25) is 0 Å². The standard InChI is InChI=1S/C22H21N3O4S/c1-27-16-6-4-14(5-7-16)19-12-25-15(13-30-22(25)24-19)10-21(26)23-18-9-8-17(28-2)11-20(18)29-3/h4-9,11-13H,10H2,1-3H3,(H,23,26). The monoisotopic (exact) mass is 423 g/mol. The van der Waals surface area contributed by atoms with Gasteiger partial charge in [0.2, 0.25) is 5.91 Å². The van der Waals surface area contributed by atoms with Crippen LogP contribution in [0, 0.1) is 0 Å². The lowest BCUT2D eigenvalue weighted by Crippen LogP contribution is -2.15. The fraction of sp³-hybridized carbons (Fsp3) is 0.182. The summed E-state index contributed by atoms with van der Waals surface area (Å²) in [5.74, 6) is 1.86. The van der Waals surface area contributed by atoms with Gasteiger partial charge in [-0.25, -0.2) is 4.98 Å². The van der Waals surface area contributed by atoms with Crippen LogP contribution in [0.5, 0.6) is 17.2 Å². The molecule has 0 saturated carbocycles. The topological polar surface area (TPSA) is 74.1 Å². The Bertz CT molecular complexity index is 1180. The number of rotatable bonds is 7. The Kier molecular flexibility index (Phi) is 5.58. The summed E-state index contributed by atoms with van der Waals surface area (Å²) >= 11 is 1.50.